The van der Waals surface area contributed by atoms with Crippen molar-refractivity contribution in [2.75, 3.05) is 13.2 Å². The number of benzene rings is 2. The first-order valence-corrected chi connectivity index (χ1v) is 9.54. The van der Waals surface area contributed by atoms with Gasteiger partial charge in [-0.05, 0) is 49.4 Å². The molecule has 0 spiro atoms. The largest absolute Gasteiger partial charge is 0.395 e. The van der Waals surface area contributed by atoms with Crippen molar-refractivity contribution >= 4 is 33.5 Å². The predicted octanol–water partition coefficient (Wildman–Crippen LogP) is 4.44. The van der Waals surface area contributed by atoms with Crippen LogP contribution in [0.1, 0.15) is 16.7 Å². The summed E-state index contributed by atoms with van der Waals surface area (Å²) >= 11 is 1.58. The molecule has 26 heavy (non-hydrogen) atoms. The molecule has 1 aliphatic heterocycles. The van der Waals surface area contributed by atoms with Crippen molar-refractivity contribution in [1.29, 1.82) is 0 Å². The summed E-state index contributed by atoms with van der Waals surface area (Å²) in [4.78, 5) is 11.8. The van der Waals surface area contributed by atoms with Crippen molar-refractivity contribution in [3.05, 3.63) is 65.2 Å². The lowest BCUT2D eigenvalue weighted by Crippen LogP contribution is -2.34. The number of β-amino-alcohol motifs (C(OH)–C–C–N with tert-alkyl or cyclic N) is 1. The average Bonchev–Trinajstić information content (AvgIpc) is 2.63. The van der Waals surface area contributed by atoms with E-state index in [1.54, 1.807) is 11.8 Å². The number of rotatable bonds is 3. The molecule has 0 bridgehead atoms. The molecule has 2 aromatic carbocycles. The second-order valence-electron chi connectivity index (χ2n) is 6.58. The van der Waals surface area contributed by atoms with E-state index in [4.69, 9.17) is 9.98 Å². The van der Waals surface area contributed by atoms with Crippen molar-refractivity contribution in [3.63, 3.8) is 0 Å². The molecular formula is C21H21N3OS. The van der Waals surface area contributed by atoms with Crippen LogP contribution in [0.4, 0.5) is 5.69 Å². The van der Waals surface area contributed by atoms with Gasteiger partial charge in [0.2, 0.25) is 0 Å². The highest BCUT2D eigenvalue weighted by Crippen LogP contribution is 2.34. The minimum absolute atomic E-state index is 0.100. The van der Waals surface area contributed by atoms with E-state index in [-0.39, 0.29) is 6.61 Å². The van der Waals surface area contributed by atoms with Gasteiger partial charge in [-0.1, -0.05) is 35.9 Å². The predicted molar refractivity (Wildman–Crippen MR) is 108 cm³/mol. The van der Waals surface area contributed by atoms with Gasteiger partial charge in [0.15, 0.2) is 5.17 Å². The average molecular weight is 363 g/mol. The zero-order chi connectivity index (χ0) is 18.1. The Labute approximate surface area is 157 Å². The Morgan fingerprint density at radius 2 is 1.96 bits per heavy atom. The molecule has 5 heteroatoms. The number of hydrogen-bond donors (Lipinski definition) is 1. The molecule has 0 unspecified atom stereocenters. The number of aliphatic imine (C=N–C) groups is 1. The van der Waals surface area contributed by atoms with Gasteiger partial charge in [-0.3, -0.25) is 0 Å². The Bertz CT molecular complexity index is 982. The monoisotopic (exact) mass is 363 g/mol. The summed E-state index contributed by atoms with van der Waals surface area (Å²) in [7, 11) is 0. The maximum absolute atomic E-state index is 9.47. The smallest absolute Gasteiger partial charge is 0.171 e. The molecule has 0 saturated carbocycles. The van der Waals surface area contributed by atoms with Crippen molar-refractivity contribution in [2.45, 2.75) is 25.4 Å². The fraction of sp³-hybridized carbons (Fsp3) is 0.238. The van der Waals surface area contributed by atoms with Crippen molar-refractivity contribution in [1.82, 2.24) is 9.88 Å². The zero-order valence-electron chi connectivity index (χ0n) is 14.9. The third-order valence-electron chi connectivity index (χ3n) is 4.54. The van der Waals surface area contributed by atoms with Gasteiger partial charge < -0.3 is 10.0 Å². The lowest BCUT2D eigenvalue weighted by molar-refractivity contribution is 0.247. The van der Waals surface area contributed by atoms with E-state index in [1.165, 1.54) is 16.7 Å². The molecule has 0 saturated heterocycles. The van der Waals surface area contributed by atoms with E-state index in [2.05, 4.69) is 55.1 Å². The Kier molecular flexibility index (Phi) is 4.66. The Morgan fingerprint density at radius 3 is 2.73 bits per heavy atom. The van der Waals surface area contributed by atoms with Crippen molar-refractivity contribution in [2.24, 2.45) is 4.99 Å². The molecule has 4 nitrogen and oxygen atoms in total. The second kappa shape index (κ2) is 7.09. The summed E-state index contributed by atoms with van der Waals surface area (Å²) in [6.45, 7) is 5.53. The topological polar surface area (TPSA) is 48.7 Å². The summed E-state index contributed by atoms with van der Waals surface area (Å²) in [6, 6.07) is 16.6. The first-order chi connectivity index (χ1) is 12.6. The molecule has 0 amide bonds. The van der Waals surface area contributed by atoms with Crippen molar-refractivity contribution in [3.8, 4) is 0 Å². The molecule has 1 aliphatic rings. The lowest BCUT2D eigenvalue weighted by atomic mass is 10.1. The number of nitrogens with zero attached hydrogens (tertiary/aromatic N) is 3. The number of para-hydroxylation sites is 1. The van der Waals surface area contributed by atoms with Gasteiger partial charge in [0.05, 0.1) is 17.8 Å². The zero-order valence-corrected chi connectivity index (χ0v) is 15.8. The molecule has 0 radical (unpaired) electrons. The Balaban J connectivity index is 1.77. The molecule has 1 aromatic heterocycles. The van der Waals surface area contributed by atoms with E-state index in [0.29, 0.717) is 13.1 Å². The molecule has 0 aliphatic carbocycles. The highest BCUT2D eigenvalue weighted by Gasteiger charge is 2.24. The van der Waals surface area contributed by atoms with Gasteiger partial charge >= 0.3 is 0 Å². The number of hydrogen-bond acceptors (Lipinski definition) is 4. The summed E-state index contributed by atoms with van der Waals surface area (Å²) in [5.74, 6) is 0. The first kappa shape index (κ1) is 17.1. The Morgan fingerprint density at radius 1 is 1.15 bits per heavy atom. The molecule has 4 rings (SSSR count). The number of aliphatic hydroxyl groups is 1. The maximum Gasteiger partial charge on any atom is 0.171 e. The van der Waals surface area contributed by atoms with Crippen LogP contribution >= 0.6 is 11.8 Å². The quantitative estimate of drug-likeness (QED) is 0.747. The van der Waals surface area contributed by atoms with Gasteiger partial charge in [-0.25, -0.2) is 9.98 Å². The molecule has 1 N–H and O–H groups in total. The summed E-state index contributed by atoms with van der Waals surface area (Å²) in [5.41, 5.74) is 5.54. The van der Waals surface area contributed by atoms with E-state index >= 15 is 0 Å². The summed E-state index contributed by atoms with van der Waals surface area (Å²) < 4.78 is 0. The molecule has 132 valence electrons. The number of aromatic nitrogens is 1. The number of amidine groups is 1. The number of pyridine rings is 1. The van der Waals surface area contributed by atoms with Crippen LogP contribution < -0.4 is 0 Å². The molecule has 0 fully saturated rings. The highest BCUT2D eigenvalue weighted by atomic mass is 32.2. The van der Waals surface area contributed by atoms with E-state index in [1.807, 2.05) is 12.1 Å². The van der Waals surface area contributed by atoms with E-state index in [9.17, 15) is 5.11 Å². The second-order valence-corrected chi connectivity index (χ2v) is 7.53. The van der Waals surface area contributed by atoms with Gasteiger partial charge in [0.1, 0.15) is 5.03 Å². The van der Waals surface area contributed by atoms with Gasteiger partial charge in [0.25, 0.3) is 0 Å². The standard InChI is InChI=1S/C21H21N3OS/c1-14-6-8-18(9-7-14)22-21-24(10-11-25)13-17-12-16-5-3-4-15(2)19(16)23-20(17)26-21/h3-9,12,25H,10-11,13H2,1-2H3. The highest BCUT2D eigenvalue weighted by molar-refractivity contribution is 8.13. The number of thioether (sulfide) groups is 1. The number of aliphatic hydroxyl groups excluding tert-OH is 1. The fourth-order valence-corrected chi connectivity index (χ4v) is 4.12. The summed E-state index contributed by atoms with van der Waals surface area (Å²) in [6.07, 6.45) is 0. The molecule has 2 heterocycles. The van der Waals surface area contributed by atoms with Gasteiger partial charge in [0, 0.05) is 24.0 Å². The maximum atomic E-state index is 9.47. The van der Waals surface area contributed by atoms with Crippen LogP contribution in [0.5, 0.6) is 0 Å². The third kappa shape index (κ3) is 3.32. The van der Waals surface area contributed by atoms with E-state index < -0.39 is 0 Å². The lowest BCUT2D eigenvalue weighted by Gasteiger charge is -2.30. The van der Waals surface area contributed by atoms with Gasteiger partial charge in [-0.15, -0.1) is 0 Å². The van der Waals surface area contributed by atoms with Crippen LogP contribution in [0.15, 0.2) is 58.5 Å². The van der Waals surface area contributed by atoms with Crippen LogP contribution in [0.25, 0.3) is 10.9 Å². The fourth-order valence-electron chi connectivity index (χ4n) is 3.12. The van der Waals surface area contributed by atoms with Crippen LogP contribution in [-0.4, -0.2) is 33.3 Å². The van der Waals surface area contributed by atoms with Crippen LogP contribution in [0.3, 0.4) is 0 Å². The normalized spacial score (nSPS) is 15.5. The molecule has 3 aromatic rings. The number of aryl methyl sites for hydroxylation is 2. The molecular weight excluding hydrogens is 342 g/mol. The minimum atomic E-state index is 0.100. The van der Waals surface area contributed by atoms with Crippen molar-refractivity contribution < 1.29 is 5.11 Å². The first-order valence-electron chi connectivity index (χ1n) is 8.72. The van der Waals surface area contributed by atoms with Crippen LogP contribution in [0, 0.1) is 13.8 Å². The van der Waals surface area contributed by atoms with E-state index in [0.717, 1.165) is 26.8 Å². The summed E-state index contributed by atoms with van der Waals surface area (Å²) in [5, 5.41) is 12.5. The van der Waals surface area contributed by atoms with Crippen LogP contribution in [0.2, 0.25) is 0 Å². The SMILES string of the molecule is Cc1ccc(N=C2Sc3nc4c(C)cccc4cc3CN2CCO)cc1. The molecule has 0 atom stereocenters. The number of fused-ring (bicyclic) bond motifs is 2. The van der Waals surface area contributed by atoms with Crippen LogP contribution in [-0.2, 0) is 6.54 Å². The Hall–Kier alpha value is -2.37. The third-order valence-corrected chi connectivity index (χ3v) is 5.61. The van der Waals surface area contributed by atoms with Gasteiger partial charge in [-0.2, -0.15) is 0 Å². The minimum Gasteiger partial charge on any atom is -0.395 e.